The van der Waals surface area contributed by atoms with Gasteiger partial charge in [-0.15, -0.1) is 0 Å². The van der Waals surface area contributed by atoms with E-state index >= 15 is 26.3 Å². The average Bonchev–Trinajstić information content (AvgIpc) is 0.678. The first-order valence-electron chi connectivity index (χ1n) is 33.1. The lowest BCUT2D eigenvalue weighted by atomic mass is 9.30. The van der Waals surface area contributed by atoms with Gasteiger partial charge >= 0.3 is 12.4 Å². The Balaban J connectivity index is 0.943. The Kier molecular flexibility index (Phi) is 14.5. The van der Waals surface area contributed by atoms with E-state index < -0.39 is 42.6 Å². The Labute approximate surface area is 579 Å². The van der Waals surface area contributed by atoms with Gasteiger partial charge in [-0.3, -0.25) is 0 Å². The Morgan fingerprint density at radius 3 is 1.12 bits per heavy atom. The third-order valence-corrected chi connectivity index (χ3v) is 20.8. The monoisotopic (exact) mass is 1330 g/mol. The summed E-state index contributed by atoms with van der Waals surface area (Å²) < 4.78 is 104. The van der Waals surface area contributed by atoms with E-state index in [1.165, 1.54) is 23.1 Å². The van der Waals surface area contributed by atoms with E-state index in [1.54, 1.807) is 6.07 Å². The molecule has 0 amide bonds. The molecule has 4 aliphatic heterocycles. The van der Waals surface area contributed by atoms with Gasteiger partial charge in [-0.05, 0) is 171 Å². The third kappa shape index (κ3) is 10.1. The maximum absolute atomic E-state index is 18.3. The highest BCUT2D eigenvalue weighted by Crippen LogP contribution is 2.56. The van der Waals surface area contributed by atoms with Gasteiger partial charge in [-0.1, -0.05) is 230 Å². The van der Waals surface area contributed by atoms with Gasteiger partial charge in [0.05, 0.1) is 28.2 Å². The van der Waals surface area contributed by atoms with E-state index in [0.717, 1.165) is 96.5 Å². The molecule has 4 heterocycles. The molecule has 0 spiro atoms. The number of hydrogen-bond donors (Lipinski definition) is 0. The van der Waals surface area contributed by atoms with Crippen molar-refractivity contribution in [1.82, 2.24) is 0 Å². The second-order valence-corrected chi connectivity index (χ2v) is 26.4. The topological polar surface area (TPSA) is 16.2 Å². The maximum atomic E-state index is 18.3. The number of nitrogens with zero attached hydrogens (tertiary/aromatic N) is 5. The third-order valence-electron chi connectivity index (χ3n) is 19.6. The standard InChI is InChI=1S/C86H55B2F6N5S/c89-85(90,91)68-37-19-22-40-73(68)99-77-52-66(95(60-29-11-3-12-30-60)61-31-13-4-14-32-61)51-76-81(77)87(69-38-20-23-41-74(69)97(76)62-33-15-5-16-34-62)71-55-72-84(80(83(71)99)86(92,93)94)100-79-54-67(53-78-82(79)88(72)70-39-21-24-42-75(70)98(78)63-35-17-6-18-36-63)96(64-47-43-58(44-48-64)56-25-7-1-8-26-56)65-49-45-59(46-50-65)57-27-9-2-10-28-57/h1-55H. The molecule has 0 unspecified atom stereocenters. The Hall–Kier alpha value is -11.9. The first kappa shape index (κ1) is 60.5. The zero-order chi connectivity index (χ0) is 67.4. The Morgan fingerprint density at radius 1 is 0.280 bits per heavy atom. The number of rotatable bonds is 11. The van der Waals surface area contributed by atoms with Crippen LogP contribution >= 0.6 is 11.8 Å². The highest BCUT2D eigenvalue weighted by Gasteiger charge is 2.53. The van der Waals surface area contributed by atoms with Crippen LogP contribution in [0.25, 0.3) is 22.3 Å². The van der Waals surface area contributed by atoms with Crippen LogP contribution in [0, 0.1) is 0 Å². The summed E-state index contributed by atoms with van der Waals surface area (Å²) in [6, 6.07) is 107. The first-order valence-corrected chi connectivity index (χ1v) is 33.9. The van der Waals surface area contributed by atoms with E-state index in [1.807, 2.05) is 229 Å². The van der Waals surface area contributed by atoms with Crippen LogP contribution in [0.15, 0.2) is 343 Å². The van der Waals surface area contributed by atoms with Gasteiger partial charge in [-0.2, -0.15) is 26.3 Å². The number of alkyl halides is 6. The summed E-state index contributed by atoms with van der Waals surface area (Å²) >= 11 is 1.03. The Morgan fingerprint density at radius 2 is 0.650 bits per heavy atom. The fraction of sp³-hybridized carbons (Fsp3) is 0.0233. The van der Waals surface area contributed by atoms with Crippen molar-refractivity contribution in [2.45, 2.75) is 22.1 Å². The summed E-state index contributed by atoms with van der Waals surface area (Å²) in [5.41, 5.74) is 13.4. The zero-order valence-corrected chi connectivity index (χ0v) is 54.1. The summed E-state index contributed by atoms with van der Waals surface area (Å²) in [5, 5.41) is 0. The highest BCUT2D eigenvalue weighted by molar-refractivity contribution is 8.00. The molecular weight excluding hydrogens is 1270 g/mol. The summed E-state index contributed by atoms with van der Waals surface area (Å²) in [6.07, 6.45) is -10.2. The fourth-order valence-electron chi connectivity index (χ4n) is 15.5. The SMILES string of the molecule is FC(F)(F)c1ccccc1N1c2cc(N(c3ccccc3)c3ccccc3)cc3c2B(c2ccccc2N3c2ccccc2)c2cc3c(c(C(F)(F)F)c21)Sc1cc(N(c2ccc(-c4ccccc4)cc2)c2ccc(-c4ccccc4)cc2)cc2c1B3c1ccccc1N2c1ccccc1. The van der Waals surface area contributed by atoms with Crippen molar-refractivity contribution in [3.05, 3.63) is 345 Å². The molecule has 0 radical (unpaired) electrons. The molecule has 0 aliphatic carbocycles. The van der Waals surface area contributed by atoms with Crippen LogP contribution in [0.4, 0.5) is 112 Å². The molecule has 4 aliphatic rings. The first-order chi connectivity index (χ1) is 48.9. The van der Waals surface area contributed by atoms with E-state index in [9.17, 15) is 0 Å². The van der Waals surface area contributed by atoms with Gasteiger partial charge < -0.3 is 24.5 Å². The molecule has 0 atom stereocenters. The van der Waals surface area contributed by atoms with Crippen molar-refractivity contribution in [3.8, 4) is 22.3 Å². The van der Waals surface area contributed by atoms with Crippen molar-refractivity contribution >= 4 is 143 Å². The van der Waals surface area contributed by atoms with Crippen LogP contribution in [0.1, 0.15) is 11.1 Å². The normalized spacial score (nSPS) is 13.2. The lowest BCUT2D eigenvalue weighted by molar-refractivity contribution is -0.139. The molecule has 0 aromatic heterocycles. The molecular formula is C86H55B2F6N5S. The molecule has 0 saturated heterocycles. The van der Waals surface area contributed by atoms with Gasteiger partial charge in [0.25, 0.3) is 6.71 Å². The molecule has 0 saturated carbocycles. The molecule has 14 heteroatoms. The van der Waals surface area contributed by atoms with Crippen LogP contribution in [-0.4, -0.2) is 13.4 Å². The van der Waals surface area contributed by atoms with Crippen LogP contribution in [0.2, 0.25) is 0 Å². The van der Waals surface area contributed by atoms with Crippen molar-refractivity contribution in [2.75, 3.05) is 24.5 Å². The van der Waals surface area contributed by atoms with Crippen molar-refractivity contribution < 1.29 is 26.3 Å². The number of para-hydroxylation sites is 7. The molecule has 18 rings (SSSR count). The molecule has 14 aromatic carbocycles. The minimum atomic E-state index is -5.19. The van der Waals surface area contributed by atoms with Crippen LogP contribution in [0.3, 0.4) is 0 Å². The summed E-state index contributed by atoms with van der Waals surface area (Å²) in [5.74, 6) is 0. The lowest BCUT2D eigenvalue weighted by Gasteiger charge is -2.47. The highest BCUT2D eigenvalue weighted by atomic mass is 32.2. The van der Waals surface area contributed by atoms with Crippen molar-refractivity contribution in [3.63, 3.8) is 0 Å². The van der Waals surface area contributed by atoms with Crippen LogP contribution in [0.5, 0.6) is 0 Å². The fourth-order valence-corrected chi connectivity index (χ4v) is 16.9. The average molecular weight is 1330 g/mol. The molecule has 0 N–H and O–H groups in total. The number of fused-ring (bicyclic) bond motifs is 8. The second-order valence-electron chi connectivity index (χ2n) is 25.3. The molecule has 14 aromatic rings. The van der Waals surface area contributed by atoms with Gasteiger partial charge in [0.2, 0.25) is 6.71 Å². The molecule has 5 nitrogen and oxygen atoms in total. The van der Waals surface area contributed by atoms with Crippen LogP contribution in [-0.2, 0) is 12.4 Å². The molecule has 478 valence electrons. The number of hydrogen-bond acceptors (Lipinski definition) is 6. The van der Waals surface area contributed by atoms with E-state index in [-0.39, 0.29) is 21.7 Å². The summed E-state index contributed by atoms with van der Waals surface area (Å²) in [6.45, 7) is -1.76. The zero-order valence-electron chi connectivity index (χ0n) is 53.3. The quantitative estimate of drug-likeness (QED) is 0.0941. The minimum Gasteiger partial charge on any atom is -0.311 e. The smallest absolute Gasteiger partial charge is 0.311 e. The van der Waals surface area contributed by atoms with E-state index in [2.05, 4.69) is 93.6 Å². The number of halogens is 6. The molecule has 0 fully saturated rings. The van der Waals surface area contributed by atoms with Crippen molar-refractivity contribution in [2.24, 2.45) is 0 Å². The summed E-state index contributed by atoms with van der Waals surface area (Å²) in [7, 11) is 0. The predicted octanol–water partition coefficient (Wildman–Crippen LogP) is 20.8. The van der Waals surface area contributed by atoms with Gasteiger partial charge in [0.15, 0.2) is 0 Å². The number of benzene rings is 14. The second kappa shape index (κ2) is 24.0. The summed E-state index contributed by atoms with van der Waals surface area (Å²) in [4.78, 5) is 10.3. The van der Waals surface area contributed by atoms with E-state index in [4.69, 9.17) is 0 Å². The molecule has 0 bridgehead atoms. The predicted molar refractivity (Wildman–Crippen MR) is 401 cm³/mol. The van der Waals surface area contributed by atoms with E-state index in [0.29, 0.717) is 44.0 Å². The lowest BCUT2D eigenvalue weighted by Crippen LogP contribution is -2.65. The van der Waals surface area contributed by atoms with Gasteiger partial charge in [0, 0.05) is 78.0 Å². The van der Waals surface area contributed by atoms with Gasteiger partial charge in [0.1, 0.15) is 0 Å². The largest absolute Gasteiger partial charge is 0.419 e. The Bertz CT molecular complexity index is 5340. The molecule has 100 heavy (non-hydrogen) atoms. The maximum Gasteiger partial charge on any atom is 0.419 e. The number of anilines is 15. The van der Waals surface area contributed by atoms with Crippen molar-refractivity contribution in [1.29, 1.82) is 0 Å². The van der Waals surface area contributed by atoms with Crippen LogP contribution < -0.4 is 57.3 Å². The van der Waals surface area contributed by atoms with Gasteiger partial charge in [-0.25, -0.2) is 0 Å². The minimum absolute atomic E-state index is 0.0969.